The van der Waals surface area contributed by atoms with Gasteiger partial charge in [0, 0.05) is 37.4 Å². The van der Waals surface area contributed by atoms with E-state index < -0.39 is 6.10 Å². The van der Waals surface area contributed by atoms with E-state index in [-0.39, 0.29) is 6.61 Å². The summed E-state index contributed by atoms with van der Waals surface area (Å²) in [7, 11) is 0. The molecular formula is C15H24N2O2. The molecule has 1 heterocycles. The van der Waals surface area contributed by atoms with Gasteiger partial charge in [0.05, 0.1) is 12.7 Å². The van der Waals surface area contributed by atoms with Crippen LogP contribution >= 0.6 is 0 Å². The van der Waals surface area contributed by atoms with E-state index in [1.165, 1.54) is 0 Å². The lowest BCUT2D eigenvalue weighted by atomic mass is 10.1. The maximum atomic E-state index is 9.87. The van der Waals surface area contributed by atoms with Crippen LogP contribution in [0.4, 0.5) is 5.69 Å². The predicted molar refractivity (Wildman–Crippen MR) is 77.4 cm³/mol. The fraction of sp³-hybridized carbons (Fsp3) is 0.600. The largest absolute Gasteiger partial charge is 0.395 e. The topological polar surface area (TPSA) is 46.9 Å². The van der Waals surface area contributed by atoms with E-state index in [2.05, 4.69) is 15.9 Å². The van der Waals surface area contributed by atoms with Crippen LogP contribution in [0.2, 0.25) is 0 Å². The van der Waals surface area contributed by atoms with Crippen LogP contribution in [0.3, 0.4) is 0 Å². The van der Waals surface area contributed by atoms with Gasteiger partial charge in [0.15, 0.2) is 0 Å². The molecule has 1 aliphatic heterocycles. The summed E-state index contributed by atoms with van der Waals surface area (Å²) < 4.78 is 0. The van der Waals surface area contributed by atoms with Gasteiger partial charge in [-0.3, -0.25) is 4.90 Å². The van der Waals surface area contributed by atoms with Crippen molar-refractivity contribution < 1.29 is 10.2 Å². The number of para-hydroxylation sites is 1. The van der Waals surface area contributed by atoms with Crippen molar-refractivity contribution in [2.24, 2.45) is 0 Å². The van der Waals surface area contributed by atoms with Gasteiger partial charge in [-0.15, -0.1) is 0 Å². The lowest BCUT2D eigenvalue weighted by molar-refractivity contribution is 0.199. The Morgan fingerprint density at radius 1 is 1.16 bits per heavy atom. The number of benzene rings is 1. The van der Waals surface area contributed by atoms with Gasteiger partial charge < -0.3 is 15.1 Å². The van der Waals surface area contributed by atoms with Crippen LogP contribution in [0, 0.1) is 0 Å². The summed E-state index contributed by atoms with van der Waals surface area (Å²) in [5.74, 6) is 0. The number of aliphatic hydroxyl groups is 2. The lowest BCUT2D eigenvalue weighted by Gasteiger charge is -2.26. The molecule has 0 unspecified atom stereocenters. The van der Waals surface area contributed by atoms with Crippen LogP contribution in [0.5, 0.6) is 0 Å². The van der Waals surface area contributed by atoms with Gasteiger partial charge >= 0.3 is 0 Å². The highest BCUT2D eigenvalue weighted by molar-refractivity contribution is 5.54. The molecule has 4 heteroatoms. The van der Waals surface area contributed by atoms with Gasteiger partial charge in [0.25, 0.3) is 0 Å². The number of hydrogen-bond acceptors (Lipinski definition) is 4. The van der Waals surface area contributed by atoms with Crippen LogP contribution in [-0.2, 0) is 0 Å². The maximum Gasteiger partial charge on any atom is 0.0781 e. The minimum atomic E-state index is -0.437. The summed E-state index contributed by atoms with van der Waals surface area (Å²) in [5.41, 5.74) is 2.14. The Bertz CT molecular complexity index is 395. The molecule has 1 fully saturated rings. The third kappa shape index (κ3) is 3.69. The highest BCUT2D eigenvalue weighted by Gasteiger charge is 2.18. The van der Waals surface area contributed by atoms with Crippen molar-refractivity contribution in [2.45, 2.75) is 19.4 Å². The molecular weight excluding hydrogens is 240 g/mol. The second-order valence-electron chi connectivity index (χ2n) is 5.14. The molecule has 106 valence electrons. The quantitative estimate of drug-likeness (QED) is 0.859. The van der Waals surface area contributed by atoms with Crippen molar-refractivity contribution in [1.82, 2.24) is 4.90 Å². The average Bonchev–Trinajstić information content (AvgIpc) is 2.65. The smallest absolute Gasteiger partial charge is 0.0781 e. The van der Waals surface area contributed by atoms with Crippen LogP contribution in [0.25, 0.3) is 0 Å². The van der Waals surface area contributed by atoms with Crippen molar-refractivity contribution in [1.29, 1.82) is 0 Å². The number of nitrogens with zero attached hydrogens (tertiary/aromatic N) is 2. The Hall–Kier alpha value is -1.10. The predicted octanol–water partition coefficient (Wildman–Crippen LogP) is 1.24. The van der Waals surface area contributed by atoms with E-state index >= 15 is 0 Å². The Labute approximate surface area is 115 Å². The monoisotopic (exact) mass is 264 g/mol. The SMILES string of the molecule is C[C@H](O)c1ccccc1N1CCCN(CCO)CC1. The molecule has 0 saturated carbocycles. The summed E-state index contributed by atoms with van der Waals surface area (Å²) >= 11 is 0. The van der Waals surface area contributed by atoms with Crippen LogP contribution in [-0.4, -0.2) is 54.4 Å². The number of anilines is 1. The molecule has 1 aromatic carbocycles. The molecule has 0 aromatic heterocycles. The first kappa shape index (κ1) is 14.3. The summed E-state index contributed by atoms with van der Waals surface area (Å²) in [6.07, 6.45) is 0.654. The Morgan fingerprint density at radius 2 is 1.95 bits per heavy atom. The van der Waals surface area contributed by atoms with Gasteiger partial charge in [-0.05, 0) is 26.0 Å². The highest BCUT2D eigenvalue weighted by Crippen LogP contribution is 2.26. The maximum absolute atomic E-state index is 9.87. The first-order chi connectivity index (χ1) is 9.22. The lowest BCUT2D eigenvalue weighted by Crippen LogP contribution is -2.32. The average molecular weight is 264 g/mol. The van der Waals surface area contributed by atoms with E-state index in [0.29, 0.717) is 0 Å². The first-order valence-electron chi connectivity index (χ1n) is 7.07. The summed E-state index contributed by atoms with van der Waals surface area (Å²) in [5, 5.41) is 18.9. The van der Waals surface area contributed by atoms with E-state index in [1.807, 2.05) is 25.1 Å². The molecule has 1 saturated heterocycles. The molecule has 19 heavy (non-hydrogen) atoms. The molecule has 0 aliphatic carbocycles. The van der Waals surface area contributed by atoms with Gasteiger partial charge in [0.2, 0.25) is 0 Å². The van der Waals surface area contributed by atoms with Gasteiger partial charge in [0.1, 0.15) is 0 Å². The molecule has 4 nitrogen and oxygen atoms in total. The van der Waals surface area contributed by atoms with Crippen molar-refractivity contribution >= 4 is 5.69 Å². The number of β-amino-alcohol motifs (C(OH)–C–C–N with tert-alkyl or cyclic N) is 1. The van der Waals surface area contributed by atoms with Gasteiger partial charge in [-0.25, -0.2) is 0 Å². The normalized spacial score (nSPS) is 19.2. The van der Waals surface area contributed by atoms with Crippen molar-refractivity contribution in [3.8, 4) is 0 Å². The molecule has 2 N–H and O–H groups in total. The van der Waals surface area contributed by atoms with Crippen molar-refractivity contribution in [2.75, 3.05) is 44.2 Å². The van der Waals surface area contributed by atoms with Crippen LogP contribution < -0.4 is 4.90 Å². The fourth-order valence-corrected chi connectivity index (χ4v) is 2.71. The molecule has 0 amide bonds. The summed E-state index contributed by atoms with van der Waals surface area (Å²) in [4.78, 5) is 4.64. The minimum absolute atomic E-state index is 0.226. The number of aliphatic hydroxyl groups excluding tert-OH is 2. The zero-order chi connectivity index (χ0) is 13.7. The van der Waals surface area contributed by atoms with E-state index in [0.717, 1.165) is 50.4 Å². The standard InChI is InChI=1S/C15H24N2O2/c1-13(19)14-5-2-3-6-15(14)17-8-4-7-16(9-10-17)11-12-18/h2-3,5-6,13,18-19H,4,7-12H2,1H3/t13-/m0/s1. The van der Waals surface area contributed by atoms with E-state index in [9.17, 15) is 5.11 Å². The third-order valence-electron chi connectivity index (χ3n) is 3.73. The zero-order valence-electron chi connectivity index (χ0n) is 11.6. The molecule has 0 bridgehead atoms. The molecule has 2 rings (SSSR count). The molecule has 0 spiro atoms. The van der Waals surface area contributed by atoms with Gasteiger partial charge in [-0.2, -0.15) is 0 Å². The Morgan fingerprint density at radius 3 is 2.68 bits per heavy atom. The summed E-state index contributed by atoms with van der Waals surface area (Å²) in [6.45, 7) is 6.75. The Kier molecular flexibility index (Phi) is 5.19. The highest BCUT2D eigenvalue weighted by atomic mass is 16.3. The summed E-state index contributed by atoms with van der Waals surface area (Å²) in [6, 6.07) is 8.08. The second kappa shape index (κ2) is 6.89. The minimum Gasteiger partial charge on any atom is -0.395 e. The second-order valence-corrected chi connectivity index (χ2v) is 5.14. The van der Waals surface area contributed by atoms with Crippen molar-refractivity contribution in [3.63, 3.8) is 0 Å². The third-order valence-corrected chi connectivity index (χ3v) is 3.73. The van der Waals surface area contributed by atoms with Crippen LogP contribution in [0.1, 0.15) is 25.0 Å². The van der Waals surface area contributed by atoms with E-state index in [1.54, 1.807) is 0 Å². The fourth-order valence-electron chi connectivity index (χ4n) is 2.71. The molecule has 0 radical (unpaired) electrons. The van der Waals surface area contributed by atoms with Crippen LogP contribution in [0.15, 0.2) is 24.3 Å². The zero-order valence-corrected chi connectivity index (χ0v) is 11.6. The molecule has 1 aliphatic rings. The number of rotatable bonds is 4. The molecule has 1 atom stereocenters. The molecule has 1 aromatic rings. The number of hydrogen-bond donors (Lipinski definition) is 2. The Balaban J connectivity index is 2.10. The van der Waals surface area contributed by atoms with Crippen molar-refractivity contribution in [3.05, 3.63) is 29.8 Å². The van der Waals surface area contributed by atoms with E-state index in [4.69, 9.17) is 5.11 Å². The van der Waals surface area contributed by atoms with Gasteiger partial charge in [-0.1, -0.05) is 18.2 Å². The first-order valence-corrected chi connectivity index (χ1v) is 7.07.